The van der Waals surface area contributed by atoms with Crippen molar-refractivity contribution in [3.05, 3.63) is 0 Å². The van der Waals surface area contributed by atoms with Crippen LogP contribution in [0, 0.1) is 22.7 Å². The summed E-state index contributed by atoms with van der Waals surface area (Å²) >= 11 is 0. The molecule has 0 radical (unpaired) electrons. The highest BCUT2D eigenvalue weighted by Crippen LogP contribution is 2.58. The molecular formula is C21H42N2. The van der Waals surface area contributed by atoms with E-state index >= 15 is 0 Å². The minimum absolute atomic E-state index is 0.443. The molecule has 0 amide bonds. The molecular weight excluding hydrogens is 280 g/mol. The lowest BCUT2D eigenvalue weighted by molar-refractivity contribution is -0.0366. The molecule has 0 saturated heterocycles. The standard InChI is InChI=1S/C21H42N2/c1-5-16-13-18(22)9-11-20(16,7-3)15-21(8-4)12-10-19(23)14-17(21)6-2/h16-19H,5-15,22-23H2,1-4H3. The van der Waals surface area contributed by atoms with Gasteiger partial charge in [-0.25, -0.2) is 0 Å². The van der Waals surface area contributed by atoms with Crippen molar-refractivity contribution in [3.63, 3.8) is 0 Å². The van der Waals surface area contributed by atoms with E-state index in [0.29, 0.717) is 22.9 Å². The van der Waals surface area contributed by atoms with Crippen LogP contribution in [-0.4, -0.2) is 12.1 Å². The van der Waals surface area contributed by atoms with Gasteiger partial charge in [0.2, 0.25) is 0 Å². The summed E-state index contributed by atoms with van der Waals surface area (Å²) < 4.78 is 0. The van der Waals surface area contributed by atoms with Crippen molar-refractivity contribution in [2.24, 2.45) is 34.1 Å². The molecule has 4 N–H and O–H groups in total. The maximum absolute atomic E-state index is 6.33. The minimum Gasteiger partial charge on any atom is -0.328 e. The largest absolute Gasteiger partial charge is 0.328 e. The Bertz CT molecular complexity index is 335. The molecule has 0 bridgehead atoms. The second-order valence-electron chi connectivity index (χ2n) is 8.89. The molecule has 0 aromatic heterocycles. The first kappa shape index (κ1) is 19.2. The molecule has 6 atom stereocenters. The van der Waals surface area contributed by atoms with Crippen molar-refractivity contribution < 1.29 is 0 Å². The molecule has 0 aliphatic heterocycles. The lowest BCUT2D eigenvalue weighted by Crippen LogP contribution is -2.48. The zero-order valence-electron chi connectivity index (χ0n) is 16.2. The predicted molar refractivity (Wildman–Crippen MR) is 101 cm³/mol. The Morgan fingerprint density at radius 3 is 1.43 bits per heavy atom. The van der Waals surface area contributed by atoms with Crippen LogP contribution in [0.15, 0.2) is 0 Å². The van der Waals surface area contributed by atoms with Crippen molar-refractivity contribution in [2.45, 2.75) is 110 Å². The molecule has 0 heterocycles. The van der Waals surface area contributed by atoms with Crippen LogP contribution in [0.25, 0.3) is 0 Å². The number of hydrogen-bond acceptors (Lipinski definition) is 2. The SMILES string of the molecule is CCC1CC(N)CCC1(CC)CC1(CC)CCC(N)CC1CC. The van der Waals surface area contributed by atoms with Crippen LogP contribution >= 0.6 is 0 Å². The Hall–Kier alpha value is -0.0800. The first-order chi connectivity index (χ1) is 10.9. The third kappa shape index (κ3) is 3.79. The highest BCUT2D eigenvalue weighted by Gasteiger charge is 2.49. The third-order valence-electron chi connectivity index (χ3n) is 8.03. The number of rotatable bonds is 6. The van der Waals surface area contributed by atoms with E-state index in [1.165, 1.54) is 70.6 Å². The summed E-state index contributed by atoms with van der Waals surface area (Å²) in [6, 6.07) is 0.887. The van der Waals surface area contributed by atoms with Gasteiger partial charge in [-0.2, -0.15) is 0 Å². The van der Waals surface area contributed by atoms with Crippen molar-refractivity contribution in [1.82, 2.24) is 0 Å². The van der Waals surface area contributed by atoms with Crippen molar-refractivity contribution in [2.75, 3.05) is 0 Å². The highest BCUT2D eigenvalue weighted by molar-refractivity contribution is 5.01. The van der Waals surface area contributed by atoms with E-state index < -0.39 is 0 Å². The fourth-order valence-electron chi connectivity index (χ4n) is 6.37. The summed E-state index contributed by atoms with van der Waals surface area (Å²) in [5.74, 6) is 1.65. The quantitative estimate of drug-likeness (QED) is 0.702. The first-order valence-electron chi connectivity index (χ1n) is 10.5. The average Bonchev–Trinajstić information content (AvgIpc) is 2.58. The number of hydrogen-bond donors (Lipinski definition) is 2. The third-order valence-corrected chi connectivity index (χ3v) is 8.03. The molecule has 2 nitrogen and oxygen atoms in total. The predicted octanol–water partition coefficient (Wildman–Crippen LogP) is 5.24. The van der Waals surface area contributed by atoms with E-state index in [-0.39, 0.29) is 0 Å². The van der Waals surface area contributed by atoms with Gasteiger partial charge in [-0.15, -0.1) is 0 Å². The van der Waals surface area contributed by atoms with Crippen LogP contribution in [0.5, 0.6) is 0 Å². The maximum Gasteiger partial charge on any atom is 0.00418 e. The molecule has 2 saturated carbocycles. The van der Waals surface area contributed by atoms with Gasteiger partial charge in [0.05, 0.1) is 0 Å². The normalized spacial score (nSPS) is 45.1. The zero-order chi connectivity index (χ0) is 17.1. The van der Waals surface area contributed by atoms with Crippen LogP contribution in [0.1, 0.15) is 98.3 Å². The lowest BCUT2D eigenvalue weighted by atomic mass is 9.51. The smallest absolute Gasteiger partial charge is 0.00418 e. The van der Waals surface area contributed by atoms with Crippen LogP contribution in [-0.2, 0) is 0 Å². The van der Waals surface area contributed by atoms with Gasteiger partial charge in [0.15, 0.2) is 0 Å². The minimum atomic E-state index is 0.443. The van der Waals surface area contributed by atoms with Gasteiger partial charge in [0.1, 0.15) is 0 Å². The van der Waals surface area contributed by atoms with E-state index in [1.54, 1.807) is 0 Å². The Balaban J connectivity index is 2.26. The van der Waals surface area contributed by atoms with Crippen LogP contribution in [0.2, 0.25) is 0 Å². The Labute approximate surface area is 145 Å². The van der Waals surface area contributed by atoms with Gasteiger partial charge in [-0.05, 0) is 67.6 Å². The molecule has 136 valence electrons. The Kier molecular flexibility index (Phi) is 6.58. The maximum atomic E-state index is 6.33. The zero-order valence-corrected chi connectivity index (χ0v) is 16.2. The van der Waals surface area contributed by atoms with E-state index in [2.05, 4.69) is 27.7 Å². The number of nitrogens with two attached hydrogens (primary N) is 2. The van der Waals surface area contributed by atoms with Gasteiger partial charge < -0.3 is 11.5 Å². The average molecular weight is 323 g/mol. The highest BCUT2D eigenvalue weighted by atomic mass is 14.7. The molecule has 23 heavy (non-hydrogen) atoms. The monoisotopic (exact) mass is 322 g/mol. The van der Waals surface area contributed by atoms with Crippen LogP contribution < -0.4 is 11.5 Å². The first-order valence-corrected chi connectivity index (χ1v) is 10.5. The van der Waals surface area contributed by atoms with Gasteiger partial charge in [-0.1, -0.05) is 53.4 Å². The molecule has 6 unspecified atom stereocenters. The summed E-state index contributed by atoms with van der Waals surface area (Å²) in [7, 11) is 0. The molecule has 2 aliphatic carbocycles. The Morgan fingerprint density at radius 2 is 1.13 bits per heavy atom. The van der Waals surface area contributed by atoms with Gasteiger partial charge >= 0.3 is 0 Å². The fourth-order valence-corrected chi connectivity index (χ4v) is 6.37. The van der Waals surface area contributed by atoms with Crippen molar-refractivity contribution in [3.8, 4) is 0 Å². The van der Waals surface area contributed by atoms with E-state index in [1.807, 2.05) is 0 Å². The summed E-state index contributed by atoms with van der Waals surface area (Å²) in [6.07, 6.45) is 14.4. The summed E-state index contributed by atoms with van der Waals surface area (Å²) in [6.45, 7) is 9.66. The fraction of sp³-hybridized carbons (Fsp3) is 1.00. The summed E-state index contributed by atoms with van der Waals surface area (Å²) in [5.41, 5.74) is 13.7. The second kappa shape index (κ2) is 7.87. The summed E-state index contributed by atoms with van der Waals surface area (Å²) in [5, 5.41) is 0. The Morgan fingerprint density at radius 1 is 0.739 bits per heavy atom. The van der Waals surface area contributed by atoms with Gasteiger partial charge in [-0.3, -0.25) is 0 Å². The molecule has 0 aromatic carbocycles. The molecule has 0 spiro atoms. The van der Waals surface area contributed by atoms with E-state index in [9.17, 15) is 0 Å². The van der Waals surface area contributed by atoms with E-state index in [0.717, 1.165) is 11.8 Å². The van der Waals surface area contributed by atoms with Gasteiger partial charge in [0, 0.05) is 12.1 Å². The molecule has 2 rings (SSSR count). The van der Waals surface area contributed by atoms with E-state index in [4.69, 9.17) is 11.5 Å². The molecule has 2 aliphatic rings. The summed E-state index contributed by atoms with van der Waals surface area (Å²) in [4.78, 5) is 0. The van der Waals surface area contributed by atoms with Crippen molar-refractivity contribution in [1.29, 1.82) is 0 Å². The van der Waals surface area contributed by atoms with Crippen molar-refractivity contribution >= 4 is 0 Å². The second-order valence-corrected chi connectivity index (χ2v) is 8.89. The molecule has 0 aromatic rings. The topological polar surface area (TPSA) is 52.0 Å². The molecule has 2 fully saturated rings. The van der Waals surface area contributed by atoms with Crippen LogP contribution in [0.4, 0.5) is 0 Å². The molecule has 2 heteroatoms. The van der Waals surface area contributed by atoms with Crippen LogP contribution in [0.3, 0.4) is 0 Å². The lowest BCUT2D eigenvalue weighted by Gasteiger charge is -2.55. The van der Waals surface area contributed by atoms with Gasteiger partial charge in [0.25, 0.3) is 0 Å².